The van der Waals surface area contributed by atoms with E-state index < -0.39 is 5.92 Å². The summed E-state index contributed by atoms with van der Waals surface area (Å²) in [6.07, 6.45) is 0. The highest BCUT2D eigenvalue weighted by Crippen LogP contribution is 2.26. The Kier molecular flexibility index (Phi) is 6.53. The standard InChI is InChI=1S/C20H25NO3/c1-3-21(23,4-2)15-16-24-20(22)19(17-11-7-5-8-12-17)18-13-9-6-10-14-18/h5-14,19H,3-4,15-16H2,1-2H3. The van der Waals surface area contributed by atoms with Gasteiger partial charge < -0.3 is 14.6 Å². The van der Waals surface area contributed by atoms with Crippen molar-refractivity contribution in [2.75, 3.05) is 26.2 Å². The molecular weight excluding hydrogens is 302 g/mol. The third kappa shape index (κ3) is 4.66. The summed E-state index contributed by atoms with van der Waals surface area (Å²) in [5, 5.41) is 12.3. The Morgan fingerprint density at radius 3 is 1.83 bits per heavy atom. The van der Waals surface area contributed by atoms with Gasteiger partial charge in [0.15, 0.2) is 0 Å². The van der Waals surface area contributed by atoms with Gasteiger partial charge in [-0.1, -0.05) is 60.7 Å². The van der Waals surface area contributed by atoms with Crippen molar-refractivity contribution in [3.8, 4) is 0 Å². The second kappa shape index (κ2) is 8.62. The third-order valence-corrected chi connectivity index (χ3v) is 4.40. The maximum Gasteiger partial charge on any atom is 0.318 e. The maximum absolute atomic E-state index is 12.7. The lowest BCUT2D eigenvalue weighted by atomic mass is 9.91. The van der Waals surface area contributed by atoms with Crippen LogP contribution in [0.25, 0.3) is 0 Å². The van der Waals surface area contributed by atoms with Crippen LogP contribution in [0.2, 0.25) is 0 Å². The Bertz CT molecular complexity index is 584. The zero-order valence-corrected chi connectivity index (χ0v) is 14.4. The van der Waals surface area contributed by atoms with Gasteiger partial charge in [-0.15, -0.1) is 0 Å². The molecule has 0 atom stereocenters. The van der Waals surface area contributed by atoms with Crippen LogP contribution in [0.5, 0.6) is 0 Å². The second-order valence-electron chi connectivity index (χ2n) is 5.84. The van der Waals surface area contributed by atoms with Gasteiger partial charge in [0.2, 0.25) is 0 Å². The van der Waals surface area contributed by atoms with Crippen molar-refractivity contribution in [1.82, 2.24) is 0 Å². The number of quaternary nitrogens is 1. The SMILES string of the molecule is CC[N+]([O-])(CC)CCOC(=O)C(c1ccccc1)c1ccccc1. The van der Waals surface area contributed by atoms with Crippen molar-refractivity contribution in [3.05, 3.63) is 77.0 Å². The van der Waals surface area contributed by atoms with Crippen LogP contribution in [-0.2, 0) is 9.53 Å². The van der Waals surface area contributed by atoms with Gasteiger partial charge in [0.1, 0.15) is 19.1 Å². The van der Waals surface area contributed by atoms with Crippen LogP contribution in [0.3, 0.4) is 0 Å². The van der Waals surface area contributed by atoms with E-state index in [1.54, 1.807) is 0 Å². The van der Waals surface area contributed by atoms with E-state index >= 15 is 0 Å². The summed E-state index contributed by atoms with van der Waals surface area (Å²) in [6, 6.07) is 19.2. The van der Waals surface area contributed by atoms with Gasteiger partial charge >= 0.3 is 5.97 Å². The molecule has 0 fully saturated rings. The van der Waals surface area contributed by atoms with Gasteiger partial charge in [-0.3, -0.25) is 4.79 Å². The summed E-state index contributed by atoms with van der Waals surface area (Å²) in [6.45, 7) is 5.10. The van der Waals surface area contributed by atoms with Gasteiger partial charge in [-0.05, 0) is 25.0 Å². The first-order chi connectivity index (χ1) is 11.6. The topological polar surface area (TPSA) is 49.4 Å². The molecule has 0 heterocycles. The van der Waals surface area contributed by atoms with Crippen molar-refractivity contribution in [3.63, 3.8) is 0 Å². The van der Waals surface area contributed by atoms with Gasteiger partial charge in [-0.2, -0.15) is 0 Å². The molecule has 0 saturated heterocycles. The highest BCUT2D eigenvalue weighted by Gasteiger charge is 2.24. The molecule has 0 radical (unpaired) electrons. The minimum Gasteiger partial charge on any atom is -0.633 e. The van der Waals surface area contributed by atoms with E-state index in [4.69, 9.17) is 4.74 Å². The van der Waals surface area contributed by atoms with Crippen LogP contribution < -0.4 is 0 Å². The minimum absolute atomic E-state index is 0.139. The Balaban J connectivity index is 2.12. The average Bonchev–Trinajstić information content (AvgIpc) is 2.63. The normalized spacial score (nSPS) is 11.5. The molecule has 2 aromatic rings. The largest absolute Gasteiger partial charge is 0.633 e. The predicted octanol–water partition coefficient (Wildman–Crippen LogP) is 3.72. The molecule has 128 valence electrons. The lowest BCUT2D eigenvalue weighted by Crippen LogP contribution is -2.44. The zero-order chi connectivity index (χ0) is 17.4. The number of carbonyl (C=O) groups excluding carboxylic acids is 1. The number of ether oxygens (including phenoxy) is 1. The molecule has 0 spiro atoms. The van der Waals surface area contributed by atoms with Crippen LogP contribution in [0.1, 0.15) is 30.9 Å². The number of esters is 1. The molecule has 2 rings (SSSR count). The highest BCUT2D eigenvalue weighted by atomic mass is 16.6. The lowest BCUT2D eigenvalue weighted by molar-refractivity contribution is -0.877. The summed E-state index contributed by atoms with van der Waals surface area (Å²) in [5.41, 5.74) is 1.78. The number of likely N-dealkylation sites (N-methyl/N-ethyl adjacent to an activating group) is 1. The summed E-state index contributed by atoms with van der Waals surface area (Å²) in [4.78, 5) is 12.7. The molecule has 0 saturated carbocycles. The quantitative estimate of drug-likeness (QED) is 0.422. The highest BCUT2D eigenvalue weighted by molar-refractivity contribution is 5.82. The van der Waals surface area contributed by atoms with Crippen LogP contribution in [0.4, 0.5) is 0 Å². The lowest BCUT2D eigenvalue weighted by Gasteiger charge is -2.40. The van der Waals surface area contributed by atoms with Crippen molar-refractivity contribution < 1.29 is 14.2 Å². The second-order valence-corrected chi connectivity index (χ2v) is 5.84. The van der Waals surface area contributed by atoms with Gasteiger partial charge in [0.25, 0.3) is 0 Å². The van der Waals surface area contributed by atoms with E-state index in [9.17, 15) is 10.0 Å². The molecule has 24 heavy (non-hydrogen) atoms. The number of hydrogen-bond acceptors (Lipinski definition) is 3. The number of carbonyl (C=O) groups is 1. The number of hydrogen-bond donors (Lipinski definition) is 0. The van der Waals surface area contributed by atoms with Crippen LogP contribution in [-0.4, -0.2) is 36.9 Å². The Labute approximate surface area is 143 Å². The maximum atomic E-state index is 12.7. The van der Waals surface area contributed by atoms with E-state index in [-0.39, 0.29) is 23.8 Å². The number of nitrogens with zero attached hydrogens (tertiary/aromatic N) is 1. The summed E-state index contributed by atoms with van der Waals surface area (Å²) in [5.74, 6) is -0.782. The fourth-order valence-corrected chi connectivity index (χ4v) is 2.69. The fourth-order valence-electron chi connectivity index (χ4n) is 2.69. The van der Waals surface area contributed by atoms with Crippen LogP contribution in [0.15, 0.2) is 60.7 Å². The van der Waals surface area contributed by atoms with E-state index in [0.29, 0.717) is 13.1 Å². The van der Waals surface area contributed by atoms with E-state index in [1.165, 1.54) is 0 Å². The molecular formula is C20H25NO3. The molecule has 0 aliphatic carbocycles. The Morgan fingerprint density at radius 2 is 1.42 bits per heavy atom. The molecule has 0 amide bonds. The smallest absolute Gasteiger partial charge is 0.318 e. The number of hydroxylamine groups is 3. The molecule has 4 heteroatoms. The molecule has 0 N–H and O–H groups in total. The fraction of sp³-hybridized carbons (Fsp3) is 0.350. The average molecular weight is 327 g/mol. The van der Waals surface area contributed by atoms with Gasteiger partial charge in [0.05, 0.1) is 13.1 Å². The predicted molar refractivity (Wildman–Crippen MR) is 95.3 cm³/mol. The first-order valence-electron chi connectivity index (χ1n) is 8.43. The molecule has 0 aliphatic heterocycles. The number of benzene rings is 2. The zero-order valence-electron chi connectivity index (χ0n) is 14.4. The Hall–Kier alpha value is -2.17. The molecule has 0 bridgehead atoms. The summed E-state index contributed by atoms with van der Waals surface area (Å²) in [7, 11) is 0. The molecule has 0 aliphatic rings. The van der Waals surface area contributed by atoms with Crippen molar-refractivity contribution in [2.45, 2.75) is 19.8 Å². The molecule has 2 aromatic carbocycles. The first kappa shape index (κ1) is 18.2. The first-order valence-corrected chi connectivity index (χ1v) is 8.43. The third-order valence-electron chi connectivity index (χ3n) is 4.40. The van der Waals surface area contributed by atoms with Crippen LogP contribution in [0, 0.1) is 5.21 Å². The van der Waals surface area contributed by atoms with Crippen LogP contribution >= 0.6 is 0 Å². The van der Waals surface area contributed by atoms with Crippen molar-refractivity contribution in [1.29, 1.82) is 0 Å². The van der Waals surface area contributed by atoms with Crippen molar-refractivity contribution >= 4 is 5.97 Å². The van der Waals surface area contributed by atoms with E-state index in [0.717, 1.165) is 11.1 Å². The van der Waals surface area contributed by atoms with E-state index in [2.05, 4.69) is 0 Å². The Morgan fingerprint density at radius 1 is 0.958 bits per heavy atom. The summed E-state index contributed by atoms with van der Waals surface area (Å²) < 4.78 is 5.12. The van der Waals surface area contributed by atoms with Crippen molar-refractivity contribution in [2.24, 2.45) is 0 Å². The molecule has 4 nitrogen and oxygen atoms in total. The summed E-state index contributed by atoms with van der Waals surface area (Å²) >= 11 is 0. The van der Waals surface area contributed by atoms with Gasteiger partial charge in [0, 0.05) is 0 Å². The van der Waals surface area contributed by atoms with Gasteiger partial charge in [-0.25, -0.2) is 0 Å². The molecule has 0 aromatic heterocycles. The molecule has 0 unspecified atom stereocenters. The number of rotatable bonds is 8. The minimum atomic E-state index is -0.468. The monoisotopic (exact) mass is 327 g/mol. The van der Waals surface area contributed by atoms with E-state index in [1.807, 2.05) is 74.5 Å².